The van der Waals surface area contributed by atoms with Crippen molar-refractivity contribution in [3.8, 4) is 0 Å². The lowest BCUT2D eigenvalue weighted by atomic mass is 10.1. The van der Waals surface area contributed by atoms with Crippen molar-refractivity contribution >= 4 is 23.1 Å². The van der Waals surface area contributed by atoms with Gasteiger partial charge in [0.25, 0.3) is 11.7 Å². The summed E-state index contributed by atoms with van der Waals surface area (Å²) in [5.41, 5.74) is 0.502. The lowest BCUT2D eigenvalue weighted by molar-refractivity contribution is -0.112. The van der Waals surface area contributed by atoms with Crippen molar-refractivity contribution in [2.24, 2.45) is 0 Å². The van der Waals surface area contributed by atoms with Crippen LogP contribution in [0.15, 0.2) is 12.1 Å². The first-order valence-corrected chi connectivity index (χ1v) is 6.45. The van der Waals surface area contributed by atoms with E-state index in [0.717, 1.165) is 6.07 Å². The number of hydrogen-bond acceptors (Lipinski definition) is 4. The van der Waals surface area contributed by atoms with Gasteiger partial charge in [0.1, 0.15) is 5.82 Å². The third kappa shape index (κ3) is 2.06. The molecular weight excluding hydrogens is 263 g/mol. The Morgan fingerprint density at radius 2 is 2.10 bits per heavy atom. The lowest BCUT2D eigenvalue weighted by Gasteiger charge is -2.39. The number of rotatable bonds is 1. The summed E-state index contributed by atoms with van der Waals surface area (Å²) in [4.78, 5) is 24.7. The van der Waals surface area contributed by atoms with E-state index in [-0.39, 0.29) is 11.2 Å². The summed E-state index contributed by atoms with van der Waals surface area (Å²) >= 11 is 0. The first kappa shape index (κ1) is 13.1. The largest absolute Gasteiger partial charge is 0.372 e. The van der Waals surface area contributed by atoms with E-state index in [1.54, 1.807) is 0 Å². The van der Waals surface area contributed by atoms with Crippen LogP contribution < -0.4 is 10.2 Å². The van der Waals surface area contributed by atoms with Crippen molar-refractivity contribution in [1.29, 1.82) is 0 Å². The Bertz CT molecular complexity index is 613. The average molecular weight is 278 g/mol. The molecule has 2 heterocycles. The zero-order valence-electron chi connectivity index (χ0n) is 11.3. The quantitative estimate of drug-likeness (QED) is 0.792. The number of ketones is 1. The summed E-state index contributed by atoms with van der Waals surface area (Å²) in [6.07, 6.45) is 0. The highest BCUT2D eigenvalue weighted by Crippen LogP contribution is 2.33. The molecule has 0 aliphatic carbocycles. The molecule has 0 spiro atoms. The minimum Gasteiger partial charge on any atom is -0.372 e. The number of hydrogen-bond donors (Lipinski definition) is 1. The molecule has 1 amide bonds. The second-order valence-corrected chi connectivity index (χ2v) is 5.66. The zero-order valence-corrected chi connectivity index (χ0v) is 11.3. The van der Waals surface area contributed by atoms with Crippen molar-refractivity contribution in [3.63, 3.8) is 0 Å². The maximum absolute atomic E-state index is 14.2. The Morgan fingerprint density at radius 3 is 2.80 bits per heavy atom. The van der Waals surface area contributed by atoms with E-state index in [1.165, 1.54) is 6.07 Å². The monoisotopic (exact) mass is 278 g/mol. The molecule has 20 heavy (non-hydrogen) atoms. The number of amides is 1. The van der Waals surface area contributed by atoms with E-state index in [9.17, 15) is 14.0 Å². The fourth-order valence-electron chi connectivity index (χ4n) is 2.62. The summed E-state index contributed by atoms with van der Waals surface area (Å²) in [5, 5.41) is 2.46. The van der Waals surface area contributed by atoms with Crippen LogP contribution in [0.4, 0.5) is 15.8 Å². The van der Waals surface area contributed by atoms with Gasteiger partial charge < -0.3 is 15.0 Å². The minimum absolute atomic E-state index is 0.101. The molecule has 6 heteroatoms. The van der Waals surface area contributed by atoms with Gasteiger partial charge in [0.2, 0.25) is 0 Å². The van der Waals surface area contributed by atoms with Crippen molar-refractivity contribution in [2.45, 2.75) is 19.4 Å². The Kier molecular flexibility index (Phi) is 2.79. The maximum Gasteiger partial charge on any atom is 0.296 e. The standard InChI is InChI=1S/C14H15FN2O3/c1-14(2)7-17(3-4-20-14)11-6-10-8(5-9(11)15)12(18)13(19)16-10/h5-6H,3-4,7H2,1-2H3,(H,16,18,19). The summed E-state index contributed by atoms with van der Waals surface area (Å²) in [6, 6.07) is 2.65. The molecule has 0 radical (unpaired) electrons. The molecule has 3 rings (SSSR count). The number of nitrogens with zero attached hydrogens (tertiary/aromatic N) is 1. The minimum atomic E-state index is -0.709. The van der Waals surface area contributed by atoms with E-state index in [4.69, 9.17) is 4.74 Å². The predicted octanol–water partition coefficient (Wildman–Crippen LogP) is 1.58. The van der Waals surface area contributed by atoms with Gasteiger partial charge in [-0.15, -0.1) is 0 Å². The Balaban J connectivity index is 1.98. The van der Waals surface area contributed by atoms with E-state index in [2.05, 4.69) is 5.32 Å². The molecule has 1 aromatic carbocycles. The molecular formula is C14H15FN2O3. The normalized spacial score (nSPS) is 20.9. The molecule has 0 aromatic heterocycles. The number of fused-ring (bicyclic) bond motifs is 1. The van der Waals surface area contributed by atoms with Crippen LogP contribution in [0, 0.1) is 5.82 Å². The fourth-order valence-corrected chi connectivity index (χ4v) is 2.62. The summed E-state index contributed by atoms with van der Waals surface area (Å²) in [5.74, 6) is -1.89. The molecule has 1 fully saturated rings. The number of anilines is 2. The average Bonchev–Trinajstić information content (AvgIpc) is 2.63. The molecule has 5 nitrogen and oxygen atoms in total. The van der Waals surface area contributed by atoms with Crippen molar-refractivity contribution in [1.82, 2.24) is 0 Å². The third-order valence-corrected chi connectivity index (χ3v) is 3.55. The Hall–Kier alpha value is -1.95. The van der Waals surface area contributed by atoms with Crippen LogP contribution in [-0.2, 0) is 9.53 Å². The van der Waals surface area contributed by atoms with Gasteiger partial charge in [-0.25, -0.2) is 4.39 Å². The fraction of sp³-hybridized carbons (Fsp3) is 0.429. The Labute approximate surface area is 115 Å². The van der Waals surface area contributed by atoms with E-state index >= 15 is 0 Å². The maximum atomic E-state index is 14.2. The number of nitrogens with one attached hydrogen (secondary N) is 1. The van der Waals surface area contributed by atoms with E-state index < -0.39 is 17.5 Å². The van der Waals surface area contributed by atoms with E-state index in [0.29, 0.717) is 31.1 Å². The van der Waals surface area contributed by atoms with Crippen LogP contribution in [0.3, 0.4) is 0 Å². The van der Waals surface area contributed by atoms with Gasteiger partial charge in [-0.2, -0.15) is 0 Å². The van der Waals surface area contributed by atoms with Gasteiger partial charge >= 0.3 is 0 Å². The van der Waals surface area contributed by atoms with Crippen molar-refractivity contribution in [3.05, 3.63) is 23.5 Å². The predicted molar refractivity (Wildman–Crippen MR) is 71.6 cm³/mol. The molecule has 2 aliphatic heterocycles. The molecule has 1 N–H and O–H groups in total. The summed E-state index contributed by atoms with van der Waals surface area (Å²) in [7, 11) is 0. The summed E-state index contributed by atoms with van der Waals surface area (Å²) < 4.78 is 19.8. The second-order valence-electron chi connectivity index (χ2n) is 5.66. The molecule has 0 saturated carbocycles. The number of carbonyl (C=O) groups excluding carboxylic acids is 2. The number of morpholine rings is 1. The number of ether oxygens (including phenoxy) is 1. The zero-order chi connectivity index (χ0) is 14.5. The topological polar surface area (TPSA) is 58.6 Å². The summed E-state index contributed by atoms with van der Waals surface area (Å²) in [6.45, 7) is 5.51. The highest BCUT2D eigenvalue weighted by Gasteiger charge is 2.33. The smallest absolute Gasteiger partial charge is 0.296 e. The van der Waals surface area contributed by atoms with Gasteiger partial charge in [-0.1, -0.05) is 0 Å². The van der Waals surface area contributed by atoms with Gasteiger partial charge in [-0.05, 0) is 26.0 Å². The van der Waals surface area contributed by atoms with Gasteiger partial charge in [0.05, 0.1) is 29.1 Å². The van der Waals surface area contributed by atoms with Crippen LogP contribution in [0.1, 0.15) is 24.2 Å². The van der Waals surface area contributed by atoms with Gasteiger partial charge in [0.15, 0.2) is 0 Å². The lowest BCUT2D eigenvalue weighted by Crippen LogP contribution is -2.48. The van der Waals surface area contributed by atoms with Crippen LogP contribution in [0.2, 0.25) is 0 Å². The van der Waals surface area contributed by atoms with E-state index in [1.807, 2.05) is 18.7 Å². The molecule has 1 aromatic rings. The number of carbonyl (C=O) groups is 2. The number of Topliss-reactive ketones (excluding diaryl/α,β-unsaturated/α-hetero) is 1. The Morgan fingerprint density at radius 1 is 1.35 bits per heavy atom. The molecule has 0 bridgehead atoms. The van der Waals surface area contributed by atoms with Gasteiger partial charge in [0, 0.05) is 13.1 Å². The van der Waals surface area contributed by atoms with Gasteiger partial charge in [-0.3, -0.25) is 9.59 Å². The molecule has 2 aliphatic rings. The van der Waals surface area contributed by atoms with Crippen LogP contribution in [-0.4, -0.2) is 37.0 Å². The molecule has 106 valence electrons. The third-order valence-electron chi connectivity index (χ3n) is 3.55. The van der Waals surface area contributed by atoms with Crippen LogP contribution in [0.25, 0.3) is 0 Å². The van der Waals surface area contributed by atoms with Crippen LogP contribution >= 0.6 is 0 Å². The van der Waals surface area contributed by atoms with Crippen LogP contribution in [0.5, 0.6) is 0 Å². The first-order chi connectivity index (χ1) is 9.37. The molecule has 0 atom stereocenters. The highest BCUT2D eigenvalue weighted by molar-refractivity contribution is 6.51. The number of halogens is 1. The van der Waals surface area contributed by atoms with Crippen molar-refractivity contribution < 1.29 is 18.7 Å². The molecule has 1 saturated heterocycles. The molecule has 0 unspecified atom stereocenters. The second kappa shape index (κ2) is 4.28. The highest BCUT2D eigenvalue weighted by atomic mass is 19.1. The number of benzene rings is 1. The SMILES string of the molecule is CC1(C)CN(c2cc3c(cc2F)C(=O)C(=O)N3)CCO1. The first-order valence-electron chi connectivity index (χ1n) is 6.45. The van der Waals surface area contributed by atoms with Crippen molar-refractivity contribution in [2.75, 3.05) is 29.9 Å².